The molecule has 0 aromatic heterocycles. The van der Waals surface area contributed by atoms with Crippen LogP contribution in [0.15, 0.2) is 0 Å². The van der Waals surface area contributed by atoms with Gasteiger partial charge in [0.1, 0.15) is 0 Å². The van der Waals surface area contributed by atoms with Crippen LogP contribution in [-0.4, -0.2) is 17.4 Å². The molecular formula is C17H38N2S2. The summed E-state index contributed by atoms with van der Waals surface area (Å²) in [6, 6.07) is 0. The fourth-order valence-electron chi connectivity index (χ4n) is 2.28. The minimum atomic E-state index is 0.0833. The van der Waals surface area contributed by atoms with Crippen LogP contribution in [0.25, 0.3) is 0 Å². The Hall–Kier alpha value is 0.0700. The zero-order chi connectivity index (χ0) is 16.2. The number of hydrogen-bond acceptors (Lipinski definition) is 2. The summed E-state index contributed by atoms with van der Waals surface area (Å²) in [6.07, 6.45) is 17.2. The molecule has 0 amide bonds. The van der Waals surface area contributed by atoms with Crippen LogP contribution in [0.2, 0.25) is 0 Å². The molecule has 4 heteroatoms. The van der Waals surface area contributed by atoms with Crippen LogP contribution in [0.1, 0.15) is 90.9 Å². The van der Waals surface area contributed by atoms with E-state index in [9.17, 15) is 0 Å². The lowest BCUT2D eigenvalue weighted by Gasteiger charge is -2.02. The molecule has 0 aromatic carbocycles. The molecule has 0 aliphatic carbocycles. The summed E-state index contributed by atoms with van der Waals surface area (Å²) in [5.41, 5.74) is 4.66. The van der Waals surface area contributed by atoms with Crippen LogP contribution in [0.5, 0.6) is 0 Å². The summed E-state index contributed by atoms with van der Waals surface area (Å²) in [4.78, 5) is 0. The van der Waals surface area contributed by atoms with Gasteiger partial charge in [0, 0.05) is 0 Å². The Morgan fingerprint density at radius 1 is 0.762 bits per heavy atom. The lowest BCUT2D eigenvalue weighted by molar-refractivity contribution is -0.655. The van der Waals surface area contributed by atoms with Crippen LogP contribution in [0, 0.1) is 0 Å². The molecule has 0 spiro atoms. The van der Waals surface area contributed by atoms with E-state index < -0.39 is 0 Å². The Bertz CT molecular complexity index is 181. The molecule has 0 saturated heterocycles. The van der Waals surface area contributed by atoms with Gasteiger partial charge in [0.2, 0.25) is 0 Å². The third-order valence-corrected chi connectivity index (χ3v) is 3.52. The van der Waals surface area contributed by atoms with Crippen molar-refractivity contribution in [2.45, 2.75) is 90.9 Å². The molecule has 0 unspecified atom stereocenters. The Balaban J connectivity index is 0. The van der Waals surface area contributed by atoms with Gasteiger partial charge in [0.25, 0.3) is 0 Å². The molecular weight excluding hydrogens is 296 g/mol. The third kappa shape index (κ3) is 33.1. The molecule has 4 N–H and O–H groups in total. The van der Waals surface area contributed by atoms with Crippen LogP contribution in [0.3, 0.4) is 0 Å². The smallest absolute Gasteiger partial charge is 0.0755 e. The van der Waals surface area contributed by atoms with Crippen molar-refractivity contribution in [1.29, 1.82) is 0 Å². The molecule has 0 aliphatic heterocycles. The van der Waals surface area contributed by atoms with Crippen LogP contribution >= 0.6 is 12.2 Å². The van der Waals surface area contributed by atoms with E-state index >= 15 is 0 Å². The first-order valence-corrected chi connectivity index (χ1v) is 9.74. The van der Waals surface area contributed by atoms with E-state index in [1.807, 2.05) is 0 Å². The number of hydrogen-bond donors (Lipinski definition) is 2. The van der Waals surface area contributed by atoms with Gasteiger partial charge < -0.3 is 35.9 Å². The SMILES string of the molecule is CCCCCCCC[NH2+]CCCCCCCC.NC(=S)[S-]. The lowest BCUT2D eigenvalue weighted by Crippen LogP contribution is -2.84. The highest BCUT2D eigenvalue weighted by atomic mass is 32.1. The predicted molar refractivity (Wildman–Crippen MR) is 103 cm³/mol. The summed E-state index contributed by atoms with van der Waals surface area (Å²) in [7, 11) is 0. The molecule has 0 aliphatic rings. The molecule has 0 radical (unpaired) electrons. The highest BCUT2D eigenvalue weighted by Gasteiger charge is 1.94. The van der Waals surface area contributed by atoms with E-state index in [0.29, 0.717) is 0 Å². The second-order valence-electron chi connectivity index (χ2n) is 5.72. The standard InChI is InChI=1S/C16H35N.CH3NS2/c1-3-5-7-9-11-13-15-17-16-14-12-10-8-6-4-2;2-1(3)4/h17H,3-16H2,1-2H3;(H3,2,3,4). The maximum atomic E-state index is 4.66. The van der Waals surface area contributed by atoms with Crippen molar-refractivity contribution in [1.82, 2.24) is 0 Å². The largest absolute Gasteiger partial charge is 0.415 e. The molecule has 0 rings (SSSR count). The normalized spacial score (nSPS) is 10.0. The van der Waals surface area contributed by atoms with Gasteiger partial charge in [-0.15, -0.1) is 0 Å². The van der Waals surface area contributed by atoms with Crippen molar-refractivity contribution in [2.75, 3.05) is 13.1 Å². The first-order chi connectivity index (χ1) is 10.1. The van der Waals surface area contributed by atoms with Gasteiger partial charge in [-0.2, -0.15) is 0 Å². The van der Waals surface area contributed by atoms with Crippen molar-refractivity contribution in [3.8, 4) is 0 Å². The number of nitrogens with two attached hydrogens (primary N) is 2. The Kier molecular flexibility index (Phi) is 24.8. The fourth-order valence-corrected chi connectivity index (χ4v) is 2.28. The summed E-state index contributed by atoms with van der Waals surface area (Å²) < 4.78 is 0.0833. The number of rotatable bonds is 14. The van der Waals surface area contributed by atoms with Crippen molar-refractivity contribution >= 4 is 29.2 Å². The van der Waals surface area contributed by atoms with E-state index in [2.05, 4.69) is 49.7 Å². The number of quaternary nitrogens is 1. The molecule has 0 atom stereocenters. The fraction of sp³-hybridized carbons (Fsp3) is 0.941. The Morgan fingerprint density at radius 3 is 1.38 bits per heavy atom. The molecule has 0 saturated carbocycles. The number of unbranched alkanes of at least 4 members (excludes halogenated alkanes) is 10. The lowest BCUT2D eigenvalue weighted by atomic mass is 10.1. The molecule has 128 valence electrons. The van der Waals surface area contributed by atoms with Crippen molar-refractivity contribution < 1.29 is 5.32 Å². The molecule has 0 heterocycles. The Labute approximate surface area is 144 Å². The van der Waals surface area contributed by atoms with Gasteiger partial charge in [-0.1, -0.05) is 69.5 Å². The summed E-state index contributed by atoms with van der Waals surface area (Å²) in [6.45, 7) is 7.30. The predicted octanol–water partition coefficient (Wildman–Crippen LogP) is 4.05. The topological polar surface area (TPSA) is 42.6 Å². The average molecular weight is 335 g/mol. The van der Waals surface area contributed by atoms with Crippen LogP contribution < -0.4 is 11.1 Å². The van der Waals surface area contributed by atoms with Crippen molar-refractivity contribution in [3.63, 3.8) is 0 Å². The molecule has 0 fully saturated rings. The maximum absolute atomic E-state index is 4.66. The molecule has 0 bridgehead atoms. The monoisotopic (exact) mass is 334 g/mol. The van der Waals surface area contributed by atoms with Gasteiger partial charge in [-0.05, 0) is 25.7 Å². The summed E-state index contributed by atoms with van der Waals surface area (Å²) in [5.74, 6) is 0. The van der Waals surface area contributed by atoms with Crippen molar-refractivity contribution in [2.24, 2.45) is 5.73 Å². The Morgan fingerprint density at radius 2 is 1.05 bits per heavy atom. The van der Waals surface area contributed by atoms with Gasteiger partial charge in [-0.25, -0.2) is 0 Å². The minimum Gasteiger partial charge on any atom is -0.415 e. The molecule has 0 aromatic rings. The first kappa shape index (κ1) is 23.3. The van der Waals surface area contributed by atoms with E-state index in [-0.39, 0.29) is 4.32 Å². The second kappa shape index (κ2) is 22.4. The van der Waals surface area contributed by atoms with E-state index in [1.54, 1.807) is 0 Å². The van der Waals surface area contributed by atoms with Gasteiger partial charge in [0.15, 0.2) is 0 Å². The van der Waals surface area contributed by atoms with E-state index in [4.69, 9.17) is 0 Å². The first-order valence-electron chi connectivity index (χ1n) is 8.93. The van der Waals surface area contributed by atoms with Gasteiger partial charge in [-0.3, -0.25) is 0 Å². The zero-order valence-corrected chi connectivity index (χ0v) is 16.0. The maximum Gasteiger partial charge on any atom is 0.0755 e. The third-order valence-electron chi connectivity index (χ3n) is 3.52. The van der Waals surface area contributed by atoms with Gasteiger partial charge >= 0.3 is 0 Å². The average Bonchev–Trinajstić information content (AvgIpc) is 2.43. The highest BCUT2D eigenvalue weighted by molar-refractivity contribution is 8.00. The number of thiocarbonyl (C=S) groups is 1. The van der Waals surface area contributed by atoms with Crippen LogP contribution in [-0.2, 0) is 12.6 Å². The van der Waals surface area contributed by atoms with E-state index in [1.165, 1.54) is 90.1 Å². The quantitative estimate of drug-likeness (QED) is 0.286. The van der Waals surface area contributed by atoms with E-state index in [0.717, 1.165) is 0 Å². The van der Waals surface area contributed by atoms with Crippen molar-refractivity contribution in [3.05, 3.63) is 0 Å². The molecule has 2 nitrogen and oxygen atoms in total. The molecule has 21 heavy (non-hydrogen) atoms. The minimum absolute atomic E-state index is 0.0833. The van der Waals surface area contributed by atoms with Gasteiger partial charge in [0.05, 0.1) is 13.1 Å². The van der Waals surface area contributed by atoms with Crippen LogP contribution in [0.4, 0.5) is 0 Å². The second-order valence-corrected chi connectivity index (χ2v) is 6.86. The zero-order valence-electron chi connectivity index (χ0n) is 14.4. The summed E-state index contributed by atoms with van der Waals surface area (Å²) >= 11 is 8.26. The highest BCUT2D eigenvalue weighted by Crippen LogP contribution is 2.04. The summed E-state index contributed by atoms with van der Waals surface area (Å²) in [5, 5.41) is 2.53.